The summed E-state index contributed by atoms with van der Waals surface area (Å²) in [5.74, 6) is 0.580. The molecule has 4 aromatic rings. The minimum Gasteiger partial charge on any atom is -0.490 e. The second kappa shape index (κ2) is 9.81. The number of nitriles is 1. The van der Waals surface area contributed by atoms with Crippen LogP contribution in [0.3, 0.4) is 0 Å². The lowest BCUT2D eigenvalue weighted by atomic mass is 9.97. The molecule has 7 heteroatoms. The first-order valence-corrected chi connectivity index (χ1v) is 10.4. The van der Waals surface area contributed by atoms with Crippen LogP contribution in [-0.2, 0) is 6.42 Å². The van der Waals surface area contributed by atoms with E-state index in [2.05, 4.69) is 4.98 Å². The highest BCUT2D eigenvalue weighted by molar-refractivity contribution is 6.11. The summed E-state index contributed by atoms with van der Waals surface area (Å²) in [5, 5.41) is 15.1. The average molecular weight is 439 g/mol. The van der Waals surface area contributed by atoms with Gasteiger partial charge in [0.1, 0.15) is 12.4 Å². The van der Waals surface area contributed by atoms with Crippen molar-refractivity contribution in [3.8, 4) is 34.2 Å². The second-order valence-corrected chi connectivity index (χ2v) is 7.67. The fourth-order valence-electron chi connectivity index (χ4n) is 3.57. The van der Waals surface area contributed by atoms with Gasteiger partial charge in [-0.15, -0.1) is 0 Å². The van der Waals surface area contributed by atoms with Crippen LogP contribution in [0.4, 0.5) is 5.69 Å². The Morgan fingerprint density at radius 2 is 1.94 bits per heavy atom. The number of furan rings is 1. The van der Waals surface area contributed by atoms with Crippen molar-refractivity contribution < 1.29 is 14.6 Å². The number of rotatable bonds is 8. The number of benzene rings is 2. The van der Waals surface area contributed by atoms with Gasteiger partial charge in [-0.05, 0) is 41.8 Å². The molecule has 2 aromatic heterocycles. The largest absolute Gasteiger partial charge is 0.490 e. The predicted octanol–water partition coefficient (Wildman–Crippen LogP) is 2.61. The van der Waals surface area contributed by atoms with Crippen molar-refractivity contribution in [2.45, 2.75) is 12.5 Å². The molecule has 0 radical (unpaired) electrons. The van der Waals surface area contributed by atoms with E-state index in [0.717, 1.165) is 22.3 Å². The van der Waals surface area contributed by atoms with Crippen molar-refractivity contribution in [1.82, 2.24) is 4.98 Å². The number of ether oxygens (including phenoxy) is 1. The molecule has 0 spiro atoms. The number of nitrogens with two attached hydrogens (primary N) is 3. The number of pyridine rings is 1. The van der Waals surface area contributed by atoms with Crippen molar-refractivity contribution in [2.75, 3.05) is 12.3 Å². The molecule has 0 aliphatic heterocycles. The van der Waals surface area contributed by atoms with Crippen molar-refractivity contribution in [1.29, 1.82) is 5.26 Å². The zero-order chi connectivity index (χ0) is 23.2. The fourth-order valence-corrected chi connectivity index (χ4v) is 3.57. The Kier molecular flexibility index (Phi) is 6.48. The van der Waals surface area contributed by atoms with Gasteiger partial charge in [-0.25, -0.2) is 5.41 Å². The summed E-state index contributed by atoms with van der Waals surface area (Å²) in [6.45, 7) is 0.337. The Morgan fingerprint density at radius 3 is 2.67 bits per heavy atom. The highest BCUT2D eigenvalue weighted by atomic mass is 16.5. The van der Waals surface area contributed by atoms with E-state index in [1.54, 1.807) is 30.9 Å². The van der Waals surface area contributed by atoms with E-state index in [1.807, 2.05) is 54.6 Å². The van der Waals surface area contributed by atoms with Gasteiger partial charge in [0.05, 0.1) is 30.0 Å². The molecule has 0 fully saturated rings. The molecule has 1 atom stereocenters. The van der Waals surface area contributed by atoms with Crippen LogP contribution in [0, 0.1) is 11.3 Å². The topological polar surface area (TPSA) is 137 Å². The van der Waals surface area contributed by atoms with Crippen LogP contribution >= 0.6 is 0 Å². The molecular formula is C26H24N5O2+. The highest BCUT2D eigenvalue weighted by Crippen LogP contribution is 2.34. The van der Waals surface area contributed by atoms with Gasteiger partial charge in [-0.2, -0.15) is 5.26 Å². The lowest BCUT2D eigenvalue weighted by Crippen LogP contribution is -2.39. The number of hydrogen-bond donors (Lipinski definition) is 3. The number of aromatic nitrogens is 1. The molecule has 0 saturated heterocycles. The lowest BCUT2D eigenvalue weighted by molar-refractivity contribution is -0.110. The molecule has 0 aliphatic rings. The smallest absolute Gasteiger partial charge is 0.284 e. The van der Waals surface area contributed by atoms with E-state index < -0.39 is 0 Å². The molecule has 4 rings (SSSR count). The van der Waals surface area contributed by atoms with Gasteiger partial charge in [0.15, 0.2) is 6.07 Å². The van der Waals surface area contributed by atoms with E-state index in [0.29, 0.717) is 35.7 Å². The molecule has 0 unspecified atom stereocenters. The standard InChI is InChI=1S/C26H23N5O2/c27-13-25(30)23-11-18(6-7-24(23)29)22-12-21(14-31-26(22)19-8-9-32-15-19)33-16-20(28)10-17-4-2-1-3-5-17/h1-9,11-12,14-15,20,30H,10,16,28-29H2/p+1/t20-/m0/s1. The van der Waals surface area contributed by atoms with Crippen molar-refractivity contribution in [2.24, 2.45) is 5.73 Å². The van der Waals surface area contributed by atoms with Crippen LogP contribution in [0.25, 0.3) is 22.4 Å². The minimum absolute atomic E-state index is 0.0476. The summed E-state index contributed by atoms with van der Waals surface area (Å²) in [6.07, 6.45) is 5.58. The van der Waals surface area contributed by atoms with Crippen LogP contribution in [0.5, 0.6) is 5.75 Å². The van der Waals surface area contributed by atoms with E-state index in [1.165, 1.54) is 0 Å². The maximum Gasteiger partial charge on any atom is 0.284 e. The summed E-state index contributed by atoms with van der Waals surface area (Å²) in [6, 6.07) is 20.9. The first kappa shape index (κ1) is 21.8. The molecule has 2 aromatic carbocycles. The van der Waals surface area contributed by atoms with Crippen LogP contribution in [0.2, 0.25) is 0 Å². The molecule has 6 N–H and O–H groups in total. The molecule has 0 aliphatic carbocycles. The van der Waals surface area contributed by atoms with Crippen LogP contribution < -0.4 is 21.6 Å². The third-order valence-electron chi connectivity index (χ3n) is 5.24. The predicted molar refractivity (Wildman–Crippen MR) is 127 cm³/mol. The van der Waals surface area contributed by atoms with Crippen LogP contribution in [0.15, 0.2) is 83.8 Å². The first-order valence-electron chi connectivity index (χ1n) is 10.4. The Balaban J connectivity index is 1.63. The zero-order valence-corrected chi connectivity index (χ0v) is 17.9. The van der Waals surface area contributed by atoms with E-state index in [9.17, 15) is 5.26 Å². The number of nitrogens with zero attached hydrogens (tertiary/aromatic N) is 2. The summed E-state index contributed by atoms with van der Waals surface area (Å²) in [5.41, 5.74) is 17.5. The summed E-state index contributed by atoms with van der Waals surface area (Å²) >= 11 is 0. The van der Waals surface area contributed by atoms with Crippen molar-refractivity contribution >= 4 is 11.4 Å². The molecular weight excluding hydrogens is 414 g/mol. The van der Waals surface area contributed by atoms with Gasteiger partial charge < -0.3 is 20.6 Å². The van der Waals surface area contributed by atoms with Crippen molar-refractivity contribution in [3.63, 3.8) is 0 Å². The van der Waals surface area contributed by atoms with Gasteiger partial charge in [-0.1, -0.05) is 36.4 Å². The maximum absolute atomic E-state index is 9.23. The summed E-state index contributed by atoms with van der Waals surface area (Å²) < 4.78 is 11.2. The Hall–Kier alpha value is -4.41. The van der Waals surface area contributed by atoms with Gasteiger partial charge in [0.2, 0.25) is 0 Å². The first-order chi connectivity index (χ1) is 16.0. The normalized spacial score (nSPS) is 11.5. The summed E-state index contributed by atoms with van der Waals surface area (Å²) in [4.78, 5) is 4.62. The zero-order valence-electron chi connectivity index (χ0n) is 17.9. The van der Waals surface area contributed by atoms with Crippen LogP contribution in [-0.4, -0.2) is 23.3 Å². The molecule has 33 heavy (non-hydrogen) atoms. The molecule has 0 amide bonds. The SMILES string of the molecule is N#CC(=[NH2+])c1cc(-c2cc(OC[C@@H](N)Cc3ccccc3)cnc2-c2ccoc2)ccc1N. The molecule has 0 bridgehead atoms. The highest BCUT2D eigenvalue weighted by Gasteiger charge is 2.17. The summed E-state index contributed by atoms with van der Waals surface area (Å²) in [7, 11) is 0. The van der Waals surface area contributed by atoms with Gasteiger partial charge in [0, 0.05) is 22.9 Å². The quantitative estimate of drug-likeness (QED) is 0.286. The number of nitrogen functional groups attached to an aromatic ring is 1. The maximum atomic E-state index is 9.23. The molecule has 2 heterocycles. The van der Waals surface area contributed by atoms with E-state index in [4.69, 9.17) is 26.0 Å². The third-order valence-corrected chi connectivity index (χ3v) is 5.24. The average Bonchev–Trinajstić information content (AvgIpc) is 3.38. The Morgan fingerprint density at radius 1 is 1.12 bits per heavy atom. The monoisotopic (exact) mass is 438 g/mol. The van der Waals surface area contributed by atoms with E-state index in [-0.39, 0.29) is 11.8 Å². The lowest BCUT2D eigenvalue weighted by Gasteiger charge is -2.15. The van der Waals surface area contributed by atoms with Crippen molar-refractivity contribution in [3.05, 3.63) is 90.5 Å². The second-order valence-electron chi connectivity index (χ2n) is 7.67. The molecule has 164 valence electrons. The molecule has 7 nitrogen and oxygen atoms in total. The Labute approximate surface area is 191 Å². The van der Waals surface area contributed by atoms with Crippen LogP contribution in [0.1, 0.15) is 11.1 Å². The van der Waals surface area contributed by atoms with Gasteiger partial charge in [0.25, 0.3) is 5.71 Å². The number of anilines is 1. The third kappa shape index (κ3) is 5.09. The molecule has 0 saturated carbocycles. The van der Waals surface area contributed by atoms with Gasteiger partial charge in [-0.3, -0.25) is 4.98 Å². The van der Waals surface area contributed by atoms with E-state index >= 15 is 0 Å². The minimum atomic E-state index is -0.169. The number of hydrogen-bond acceptors (Lipinski definition) is 6. The van der Waals surface area contributed by atoms with Gasteiger partial charge >= 0.3 is 0 Å². The fraction of sp³-hybridized carbons (Fsp3) is 0.115. The Bertz CT molecular complexity index is 1290.